The monoisotopic (exact) mass is 346 g/mol. The first-order valence-corrected chi connectivity index (χ1v) is 9.30. The SMILES string of the molecule is CCCC(=O)Nc1ccc(S(=O)(=O)Nc2ccc(C)cc2C)cc1. The topological polar surface area (TPSA) is 75.3 Å². The summed E-state index contributed by atoms with van der Waals surface area (Å²) in [7, 11) is -3.67. The Morgan fingerprint density at radius 1 is 1.04 bits per heavy atom. The minimum absolute atomic E-state index is 0.0819. The zero-order chi connectivity index (χ0) is 17.7. The van der Waals surface area contributed by atoms with Gasteiger partial charge >= 0.3 is 0 Å². The van der Waals surface area contributed by atoms with Crippen LogP contribution in [0.2, 0.25) is 0 Å². The Hall–Kier alpha value is -2.34. The lowest BCUT2D eigenvalue weighted by atomic mass is 10.1. The molecule has 0 heterocycles. The summed E-state index contributed by atoms with van der Waals surface area (Å²) in [4.78, 5) is 11.7. The molecule has 0 saturated carbocycles. The normalized spacial score (nSPS) is 11.1. The number of carbonyl (C=O) groups excluding carboxylic acids is 1. The molecule has 0 unspecified atom stereocenters. The Balaban J connectivity index is 2.16. The van der Waals surface area contributed by atoms with Gasteiger partial charge in [-0.15, -0.1) is 0 Å². The molecule has 1 amide bonds. The van der Waals surface area contributed by atoms with E-state index in [4.69, 9.17) is 0 Å². The standard InChI is InChI=1S/C18H22N2O3S/c1-4-5-18(21)19-15-7-9-16(10-8-15)24(22,23)20-17-11-6-13(2)12-14(17)3/h6-12,20H,4-5H2,1-3H3,(H,19,21). The number of aryl methyl sites for hydroxylation is 2. The molecule has 2 aromatic rings. The summed E-state index contributed by atoms with van der Waals surface area (Å²) >= 11 is 0. The number of sulfonamides is 1. The highest BCUT2D eigenvalue weighted by Gasteiger charge is 2.15. The Bertz CT molecular complexity index is 828. The van der Waals surface area contributed by atoms with Crippen LogP contribution in [0.15, 0.2) is 47.4 Å². The fourth-order valence-corrected chi connectivity index (χ4v) is 3.43. The number of amides is 1. The molecule has 6 heteroatoms. The summed E-state index contributed by atoms with van der Waals surface area (Å²) in [5.74, 6) is -0.0819. The average molecular weight is 346 g/mol. The number of benzene rings is 2. The molecular formula is C18H22N2O3S. The van der Waals surface area contributed by atoms with E-state index in [0.717, 1.165) is 17.5 Å². The Labute approximate surface area is 143 Å². The van der Waals surface area contributed by atoms with Gasteiger partial charge in [0.2, 0.25) is 5.91 Å². The van der Waals surface area contributed by atoms with E-state index in [1.54, 1.807) is 18.2 Å². The van der Waals surface area contributed by atoms with Crippen LogP contribution in [0.5, 0.6) is 0 Å². The molecule has 2 aromatic carbocycles. The minimum Gasteiger partial charge on any atom is -0.326 e. The third kappa shape index (κ3) is 4.58. The van der Waals surface area contributed by atoms with Gasteiger partial charge in [-0.1, -0.05) is 24.6 Å². The molecule has 2 N–H and O–H groups in total. The zero-order valence-corrected chi connectivity index (χ0v) is 14.9. The molecule has 0 fully saturated rings. The molecule has 0 bridgehead atoms. The van der Waals surface area contributed by atoms with Crippen LogP contribution in [-0.2, 0) is 14.8 Å². The maximum Gasteiger partial charge on any atom is 0.261 e. The van der Waals surface area contributed by atoms with E-state index in [9.17, 15) is 13.2 Å². The van der Waals surface area contributed by atoms with E-state index in [2.05, 4.69) is 10.0 Å². The zero-order valence-electron chi connectivity index (χ0n) is 14.1. The van der Waals surface area contributed by atoms with Crippen molar-refractivity contribution in [3.05, 3.63) is 53.6 Å². The van der Waals surface area contributed by atoms with Crippen LogP contribution < -0.4 is 10.0 Å². The van der Waals surface area contributed by atoms with Gasteiger partial charge in [-0.25, -0.2) is 8.42 Å². The molecule has 0 saturated heterocycles. The molecule has 0 aliphatic carbocycles. The third-order valence-corrected chi connectivity index (χ3v) is 4.93. The lowest BCUT2D eigenvalue weighted by Gasteiger charge is -2.12. The van der Waals surface area contributed by atoms with Gasteiger partial charge in [0.1, 0.15) is 0 Å². The van der Waals surface area contributed by atoms with Gasteiger partial charge in [0, 0.05) is 12.1 Å². The highest BCUT2D eigenvalue weighted by molar-refractivity contribution is 7.92. The lowest BCUT2D eigenvalue weighted by Crippen LogP contribution is -2.14. The van der Waals surface area contributed by atoms with E-state index < -0.39 is 10.0 Å². The van der Waals surface area contributed by atoms with E-state index in [1.165, 1.54) is 12.1 Å². The predicted molar refractivity (Wildman–Crippen MR) is 96.7 cm³/mol. The summed E-state index contributed by atoms with van der Waals surface area (Å²) in [5.41, 5.74) is 3.07. The van der Waals surface area contributed by atoms with Gasteiger partial charge in [0.25, 0.3) is 10.0 Å². The molecule has 0 aromatic heterocycles. The molecule has 24 heavy (non-hydrogen) atoms. The van der Waals surface area contributed by atoms with Crippen molar-refractivity contribution in [2.24, 2.45) is 0 Å². The van der Waals surface area contributed by atoms with Crippen molar-refractivity contribution in [2.75, 3.05) is 10.0 Å². The van der Waals surface area contributed by atoms with Crippen LogP contribution in [0.1, 0.15) is 30.9 Å². The van der Waals surface area contributed by atoms with Crippen molar-refractivity contribution >= 4 is 27.3 Å². The molecule has 0 aliphatic heterocycles. The highest BCUT2D eigenvalue weighted by Crippen LogP contribution is 2.21. The van der Waals surface area contributed by atoms with Crippen molar-refractivity contribution in [3.8, 4) is 0 Å². The number of nitrogens with one attached hydrogen (secondary N) is 2. The lowest BCUT2D eigenvalue weighted by molar-refractivity contribution is -0.116. The molecule has 5 nitrogen and oxygen atoms in total. The van der Waals surface area contributed by atoms with E-state index in [1.807, 2.05) is 32.9 Å². The van der Waals surface area contributed by atoms with Gasteiger partial charge in [-0.05, 0) is 56.2 Å². The van der Waals surface area contributed by atoms with Crippen molar-refractivity contribution in [1.29, 1.82) is 0 Å². The Morgan fingerprint density at radius 2 is 1.71 bits per heavy atom. The number of hydrogen-bond donors (Lipinski definition) is 2. The number of anilines is 2. The molecule has 0 aliphatic rings. The summed E-state index contributed by atoms with van der Waals surface area (Å²) in [6.07, 6.45) is 1.20. The van der Waals surface area contributed by atoms with E-state index in [0.29, 0.717) is 17.8 Å². The van der Waals surface area contributed by atoms with Gasteiger partial charge in [0.15, 0.2) is 0 Å². The largest absolute Gasteiger partial charge is 0.326 e. The van der Waals surface area contributed by atoms with Gasteiger partial charge in [-0.2, -0.15) is 0 Å². The van der Waals surface area contributed by atoms with Crippen LogP contribution >= 0.6 is 0 Å². The molecule has 2 rings (SSSR count). The van der Waals surface area contributed by atoms with Gasteiger partial charge in [-0.3, -0.25) is 9.52 Å². The summed E-state index contributed by atoms with van der Waals surface area (Å²) in [6, 6.07) is 11.7. The van der Waals surface area contributed by atoms with Crippen LogP contribution in [0, 0.1) is 13.8 Å². The smallest absolute Gasteiger partial charge is 0.261 e. The maximum atomic E-state index is 12.5. The van der Waals surface area contributed by atoms with Crippen molar-refractivity contribution < 1.29 is 13.2 Å². The Morgan fingerprint density at radius 3 is 2.29 bits per heavy atom. The van der Waals surface area contributed by atoms with Gasteiger partial charge < -0.3 is 5.32 Å². The second-order valence-corrected chi connectivity index (χ2v) is 7.43. The third-order valence-electron chi connectivity index (χ3n) is 3.55. The van der Waals surface area contributed by atoms with Crippen molar-refractivity contribution in [3.63, 3.8) is 0 Å². The first-order valence-electron chi connectivity index (χ1n) is 7.82. The number of carbonyl (C=O) groups is 1. The minimum atomic E-state index is -3.67. The van der Waals surface area contributed by atoms with Crippen LogP contribution in [-0.4, -0.2) is 14.3 Å². The second-order valence-electron chi connectivity index (χ2n) is 5.75. The van der Waals surface area contributed by atoms with Crippen LogP contribution in [0.25, 0.3) is 0 Å². The molecule has 0 atom stereocenters. The molecule has 0 spiro atoms. The maximum absolute atomic E-state index is 12.5. The van der Waals surface area contributed by atoms with Crippen LogP contribution in [0.4, 0.5) is 11.4 Å². The van der Waals surface area contributed by atoms with Crippen molar-refractivity contribution in [1.82, 2.24) is 0 Å². The molecular weight excluding hydrogens is 324 g/mol. The summed E-state index contributed by atoms with van der Waals surface area (Å²) < 4.78 is 27.5. The first-order chi connectivity index (χ1) is 11.3. The second kappa shape index (κ2) is 7.49. The first kappa shape index (κ1) is 18.0. The quantitative estimate of drug-likeness (QED) is 0.834. The average Bonchev–Trinajstić information content (AvgIpc) is 2.51. The molecule has 128 valence electrons. The van der Waals surface area contributed by atoms with Gasteiger partial charge in [0.05, 0.1) is 10.6 Å². The number of rotatable bonds is 6. The van der Waals surface area contributed by atoms with E-state index in [-0.39, 0.29) is 10.8 Å². The Kier molecular flexibility index (Phi) is 5.62. The van der Waals surface area contributed by atoms with Crippen molar-refractivity contribution in [2.45, 2.75) is 38.5 Å². The summed E-state index contributed by atoms with van der Waals surface area (Å²) in [6.45, 7) is 5.74. The summed E-state index contributed by atoms with van der Waals surface area (Å²) in [5, 5.41) is 2.73. The molecule has 0 radical (unpaired) electrons. The number of hydrogen-bond acceptors (Lipinski definition) is 3. The highest BCUT2D eigenvalue weighted by atomic mass is 32.2. The predicted octanol–water partition coefficient (Wildman–Crippen LogP) is 3.84. The van der Waals surface area contributed by atoms with E-state index >= 15 is 0 Å². The fraction of sp³-hybridized carbons (Fsp3) is 0.278. The fourth-order valence-electron chi connectivity index (χ4n) is 2.30. The van der Waals surface area contributed by atoms with Crippen LogP contribution in [0.3, 0.4) is 0 Å².